The Morgan fingerprint density at radius 3 is 0.828 bits per heavy atom. The quantitative estimate of drug-likeness (QED) is 0.141. The molecule has 0 radical (unpaired) electrons. The normalized spacial score (nSPS) is 16.2. The van der Waals surface area contributed by atoms with Gasteiger partial charge in [-0.05, 0) is 0 Å². The molecule has 0 nitrogen and oxygen atoms in total. The van der Waals surface area contributed by atoms with E-state index in [0.717, 1.165) is 12.8 Å². The topological polar surface area (TPSA) is 0 Å². The van der Waals surface area contributed by atoms with Gasteiger partial charge in [0.25, 0.3) is 0 Å². The van der Waals surface area contributed by atoms with Crippen molar-refractivity contribution in [3.8, 4) is 0 Å². The summed E-state index contributed by atoms with van der Waals surface area (Å²) in [5.41, 5.74) is 7.68. The van der Waals surface area contributed by atoms with E-state index in [0.29, 0.717) is 11.8 Å². The summed E-state index contributed by atoms with van der Waals surface area (Å²) in [6.07, 6.45) is 26.7. The van der Waals surface area contributed by atoms with Crippen LogP contribution in [0.4, 0.5) is 0 Å². The molecule has 0 N–H and O–H groups in total. The molecule has 2 atom stereocenters. The van der Waals surface area contributed by atoms with E-state index in [9.17, 15) is 0 Å². The molecule has 4 aromatic rings. The molecule has 0 saturated heterocycles. The van der Waals surface area contributed by atoms with Crippen LogP contribution in [0.25, 0.3) is 0 Å². The van der Waals surface area contributed by atoms with Crippen LogP contribution in [-0.4, -0.2) is 11.0 Å². The van der Waals surface area contributed by atoms with Crippen molar-refractivity contribution >= 4 is 56.6 Å². The number of allylic oxidation sites excluding steroid dienone is 16. The second-order valence-corrected chi connectivity index (χ2v) is 28.4. The van der Waals surface area contributed by atoms with Crippen LogP contribution in [0.1, 0.15) is 68.2 Å². The molecule has 0 bridgehead atoms. The van der Waals surface area contributed by atoms with Crippen LogP contribution < -0.4 is 20.7 Å². The van der Waals surface area contributed by atoms with Gasteiger partial charge in [-0.1, -0.05) is 53.4 Å². The number of benzene rings is 4. The van der Waals surface area contributed by atoms with Crippen molar-refractivity contribution in [2.24, 2.45) is 11.8 Å². The van der Waals surface area contributed by atoms with E-state index in [2.05, 4.69) is 213 Å². The number of rotatable bonds is 4. The van der Waals surface area contributed by atoms with Crippen molar-refractivity contribution in [3.05, 3.63) is 216 Å². The molecule has 0 amide bonds. The van der Waals surface area contributed by atoms with Gasteiger partial charge >= 0.3 is 199 Å². The third kappa shape index (κ3) is 19.3. The van der Waals surface area contributed by atoms with Crippen LogP contribution in [-0.2, 0) is 46.0 Å². The molecule has 0 spiro atoms. The first-order valence-electron chi connectivity index (χ1n) is 19.4. The van der Waals surface area contributed by atoms with Crippen molar-refractivity contribution in [2.45, 2.75) is 68.2 Å². The Morgan fingerprint density at radius 2 is 0.707 bits per heavy atom. The number of hydrogen-bond donors (Lipinski definition) is 0. The maximum absolute atomic E-state index is 3.36. The molecule has 296 valence electrons. The van der Waals surface area contributed by atoms with E-state index in [-0.39, 0.29) is 24.8 Å². The van der Waals surface area contributed by atoms with Gasteiger partial charge in [-0.2, -0.15) is 34.4 Å². The zero-order chi connectivity index (χ0) is 40.7. The van der Waals surface area contributed by atoms with Gasteiger partial charge in [0.05, 0.1) is 0 Å². The van der Waals surface area contributed by atoms with E-state index in [1.54, 1.807) is 0 Å². The summed E-state index contributed by atoms with van der Waals surface area (Å²) in [5, 5.41) is 6.15. The van der Waals surface area contributed by atoms with Gasteiger partial charge in [-0.3, -0.25) is 24.3 Å². The van der Waals surface area contributed by atoms with Crippen molar-refractivity contribution < 1.29 is 46.0 Å². The minimum absolute atomic E-state index is 0. The zero-order valence-corrected chi connectivity index (χ0v) is 46.2. The van der Waals surface area contributed by atoms with Gasteiger partial charge in [-0.25, -0.2) is 35.5 Å². The Morgan fingerprint density at radius 1 is 0.448 bits per heavy atom. The summed E-state index contributed by atoms with van der Waals surface area (Å²) in [4.78, 5) is 0. The molecule has 4 aliphatic carbocycles. The van der Waals surface area contributed by atoms with E-state index < -0.39 is 11.0 Å². The van der Waals surface area contributed by atoms with Crippen molar-refractivity contribution in [1.82, 2.24) is 0 Å². The molecule has 6 heteroatoms. The van der Waals surface area contributed by atoms with Gasteiger partial charge in [-0.15, -0.1) is 51.5 Å². The van der Waals surface area contributed by atoms with Crippen LogP contribution in [0.15, 0.2) is 191 Å². The number of hydrogen-bond acceptors (Lipinski definition) is 0. The van der Waals surface area contributed by atoms with Crippen LogP contribution >= 0.6 is 24.8 Å². The first-order chi connectivity index (χ1) is 27.0. The molecule has 4 aliphatic rings. The van der Waals surface area contributed by atoms with Crippen molar-refractivity contribution in [3.63, 3.8) is 0 Å². The summed E-state index contributed by atoms with van der Waals surface area (Å²) in [7, 11) is 0. The van der Waals surface area contributed by atoms with Gasteiger partial charge in [0.1, 0.15) is 0 Å². The van der Waals surface area contributed by atoms with Crippen molar-refractivity contribution in [1.29, 1.82) is 0 Å². The fourth-order valence-corrected chi connectivity index (χ4v) is 15.7. The molecular weight excluding hydrogens is 1110 g/mol. The summed E-state index contributed by atoms with van der Waals surface area (Å²) in [6, 6.07) is 43.5. The van der Waals surface area contributed by atoms with Crippen LogP contribution in [0.2, 0.25) is 0 Å². The predicted octanol–water partition coefficient (Wildman–Crippen LogP) is 11.6. The maximum atomic E-state index is 3.36. The van der Waals surface area contributed by atoms with E-state index in [1.807, 2.05) is 24.3 Å². The van der Waals surface area contributed by atoms with Gasteiger partial charge < -0.3 is 0 Å². The summed E-state index contributed by atoms with van der Waals surface area (Å²) < 4.78 is 0. The summed E-state index contributed by atoms with van der Waals surface area (Å²) in [5.74, 6) is 1.12. The molecule has 58 heavy (non-hydrogen) atoms. The molecule has 8 rings (SSSR count). The van der Waals surface area contributed by atoms with E-state index >= 15 is 0 Å². The summed E-state index contributed by atoms with van der Waals surface area (Å²) in [6.45, 7) is 17.3. The second-order valence-electron chi connectivity index (χ2n) is 13.8. The predicted molar refractivity (Wildman–Crippen MR) is 253 cm³/mol. The molecule has 0 heterocycles. The Bertz CT molecular complexity index is 1840. The Labute approximate surface area is 394 Å². The third-order valence-electron chi connectivity index (χ3n) is 9.89. The standard InChI is InChI=1S/2C12H10Si.2C9H13.2C5H5.2ClH.2Hf/c2*1-3-7-11(8-4-1)13-12-9-5-2-6-10-12;2*1-6-5-7(2)9(4)8(6)3;2*1-2-4-5-3-1;;;;/h2*1-10H;2*6H,1-4H3;2*1-3H,4H2;2*1H;;/q;;4*-1;;;2*+2. The van der Waals surface area contributed by atoms with Crippen molar-refractivity contribution in [2.75, 3.05) is 0 Å². The fraction of sp³-hybridized carbons (Fsp3) is 0.231. The molecule has 4 aromatic carbocycles. The summed E-state index contributed by atoms with van der Waals surface area (Å²) >= 11 is 2.53. The first kappa shape index (κ1) is 53.6. The minimum atomic E-state index is -0.406. The number of halogens is 2. The zero-order valence-electron chi connectivity index (χ0n) is 35.4. The molecule has 0 aromatic heterocycles. The Hall–Kier alpha value is -2.45. The average Bonchev–Trinajstić information content (AvgIpc) is 4.10. The van der Waals surface area contributed by atoms with E-state index in [1.165, 1.54) is 100 Å². The van der Waals surface area contributed by atoms with Gasteiger partial charge in [0, 0.05) is 0 Å². The Balaban J connectivity index is 0.000000359. The monoisotopic (exact) mass is 1170 g/mol. The van der Waals surface area contributed by atoms with Crippen LogP contribution in [0, 0.1) is 36.1 Å². The molecular formula is C52H58Cl2Hf2Si2. The molecule has 0 saturated carbocycles. The first-order valence-corrected chi connectivity index (χ1v) is 33.2. The van der Waals surface area contributed by atoms with E-state index in [4.69, 9.17) is 0 Å². The molecule has 2 unspecified atom stereocenters. The molecule has 0 fully saturated rings. The second kappa shape index (κ2) is 30.6. The fourth-order valence-electron chi connectivity index (χ4n) is 5.76. The van der Waals surface area contributed by atoms with Crippen LogP contribution in [0.5, 0.6) is 0 Å². The van der Waals surface area contributed by atoms with Gasteiger partial charge in [0.2, 0.25) is 0 Å². The third-order valence-corrected chi connectivity index (χ3v) is 26.0. The Kier molecular flexibility index (Phi) is 28.2. The average molecular weight is 1170 g/mol. The molecule has 0 aliphatic heterocycles. The van der Waals surface area contributed by atoms with Gasteiger partial charge in [0.15, 0.2) is 0 Å². The SMILES string of the molecule is CC1=[C-]C(C)C(C)=C1C.CC1=[C-]C(C)C(C)=C1C.Cl.Cl.[C-]1=CC=CC1.[C-]1=CC=CC1.[Hf+2]=[Si](c1ccccc1)c1ccccc1.[Hf+2]=[Si](c1ccccc1)c1ccccc1. The van der Waals surface area contributed by atoms with Crippen LogP contribution in [0.3, 0.4) is 0 Å².